The number of hydrogen-bond donors (Lipinski definition) is 2. The van der Waals surface area contributed by atoms with Crippen molar-refractivity contribution < 1.29 is 0 Å². The van der Waals surface area contributed by atoms with E-state index in [0.29, 0.717) is 11.4 Å². The zero-order valence-electron chi connectivity index (χ0n) is 9.27. The third-order valence-electron chi connectivity index (χ3n) is 2.67. The molecule has 0 bridgehead atoms. The van der Waals surface area contributed by atoms with Crippen molar-refractivity contribution in [2.24, 2.45) is 0 Å². The molecule has 3 aromatic rings. The molecule has 86 valence electrons. The lowest BCUT2D eigenvalue weighted by Crippen LogP contribution is -2.01. The molecule has 0 fully saturated rings. The summed E-state index contributed by atoms with van der Waals surface area (Å²) in [4.78, 5) is 21.1. The second-order valence-corrected chi connectivity index (χ2v) is 3.87. The van der Waals surface area contributed by atoms with Crippen molar-refractivity contribution in [2.45, 2.75) is 0 Å². The van der Waals surface area contributed by atoms with Crippen LogP contribution < -0.4 is 5.56 Å². The van der Waals surface area contributed by atoms with E-state index in [0.717, 1.165) is 16.6 Å². The van der Waals surface area contributed by atoms with Gasteiger partial charge in [-0.05, 0) is 24.3 Å². The number of aromatic nitrogens is 3. The minimum Gasteiger partial charge on any atom is -0.338 e. The van der Waals surface area contributed by atoms with Gasteiger partial charge < -0.3 is 9.97 Å². The summed E-state index contributed by atoms with van der Waals surface area (Å²) >= 11 is 0. The summed E-state index contributed by atoms with van der Waals surface area (Å²) < 4.78 is 0. The Labute approximate surface area is 102 Å². The highest BCUT2D eigenvalue weighted by molar-refractivity contribution is 5.80. The molecule has 2 aromatic heterocycles. The van der Waals surface area contributed by atoms with E-state index < -0.39 is 0 Å². The molecule has 0 unspecified atom stereocenters. The Morgan fingerprint density at radius 1 is 1.22 bits per heavy atom. The number of nitrogens with zero attached hydrogens (tertiary/aromatic N) is 2. The Kier molecular flexibility index (Phi) is 2.21. The fraction of sp³-hybridized carbons (Fsp3) is 0. The van der Waals surface area contributed by atoms with Crippen molar-refractivity contribution in [3.05, 3.63) is 52.4 Å². The molecule has 0 aliphatic heterocycles. The Bertz CT molecular complexity index is 802. The predicted octanol–water partition coefficient (Wildman–Crippen LogP) is 1.79. The van der Waals surface area contributed by atoms with Gasteiger partial charge in [-0.3, -0.25) is 4.79 Å². The number of nitriles is 1. The van der Waals surface area contributed by atoms with Crippen LogP contribution in [0, 0.1) is 11.3 Å². The SMILES string of the molecule is N#Cc1ccc2nc(-c3ccc(=O)[nH]c3)[nH]c2c1. The van der Waals surface area contributed by atoms with Crippen molar-refractivity contribution in [3.8, 4) is 17.5 Å². The number of pyridine rings is 1. The summed E-state index contributed by atoms with van der Waals surface area (Å²) in [5.74, 6) is 0.663. The first-order chi connectivity index (χ1) is 8.76. The van der Waals surface area contributed by atoms with E-state index >= 15 is 0 Å². The first-order valence-electron chi connectivity index (χ1n) is 5.35. The third kappa shape index (κ3) is 1.66. The lowest BCUT2D eigenvalue weighted by Gasteiger charge is -1.93. The first kappa shape index (κ1) is 10.3. The normalized spacial score (nSPS) is 10.4. The van der Waals surface area contributed by atoms with Crippen molar-refractivity contribution in [1.29, 1.82) is 5.26 Å². The van der Waals surface area contributed by atoms with Crippen LogP contribution >= 0.6 is 0 Å². The summed E-state index contributed by atoms with van der Waals surface area (Å²) in [7, 11) is 0. The predicted molar refractivity (Wildman–Crippen MR) is 66.9 cm³/mol. The second-order valence-electron chi connectivity index (χ2n) is 3.87. The fourth-order valence-corrected chi connectivity index (χ4v) is 1.77. The molecule has 5 nitrogen and oxygen atoms in total. The van der Waals surface area contributed by atoms with Gasteiger partial charge in [-0.15, -0.1) is 0 Å². The maximum Gasteiger partial charge on any atom is 0.247 e. The van der Waals surface area contributed by atoms with Crippen molar-refractivity contribution in [2.75, 3.05) is 0 Å². The highest BCUT2D eigenvalue weighted by Crippen LogP contribution is 2.19. The molecule has 2 heterocycles. The van der Waals surface area contributed by atoms with Crippen LogP contribution in [0.4, 0.5) is 0 Å². The van der Waals surface area contributed by atoms with Crippen molar-refractivity contribution in [3.63, 3.8) is 0 Å². The molecular weight excluding hydrogens is 228 g/mol. The standard InChI is InChI=1S/C13H8N4O/c14-6-8-1-3-10-11(5-8)17-13(16-10)9-2-4-12(18)15-7-9/h1-5,7H,(H,15,18)(H,16,17). The summed E-state index contributed by atoms with van der Waals surface area (Å²) in [5, 5.41) is 8.83. The lowest BCUT2D eigenvalue weighted by atomic mass is 10.2. The second kappa shape index (κ2) is 3.86. The van der Waals surface area contributed by atoms with Gasteiger partial charge in [0, 0.05) is 17.8 Å². The molecule has 0 saturated carbocycles. The minimum atomic E-state index is -0.151. The number of rotatable bonds is 1. The number of benzene rings is 1. The van der Waals surface area contributed by atoms with Crippen LogP contribution in [-0.2, 0) is 0 Å². The Morgan fingerprint density at radius 3 is 2.83 bits per heavy atom. The van der Waals surface area contributed by atoms with Crippen molar-refractivity contribution >= 4 is 11.0 Å². The van der Waals surface area contributed by atoms with Gasteiger partial charge in [0.1, 0.15) is 5.82 Å². The maximum atomic E-state index is 11.0. The highest BCUT2D eigenvalue weighted by atomic mass is 16.1. The smallest absolute Gasteiger partial charge is 0.247 e. The molecule has 0 amide bonds. The maximum absolute atomic E-state index is 11.0. The summed E-state index contributed by atoms with van der Waals surface area (Å²) in [6, 6.07) is 10.5. The largest absolute Gasteiger partial charge is 0.338 e. The third-order valence-corrected chi connectivity index (χ3v) is 2.67. The van der Waals surface area contributed by atoms with Crippen LogP contribution in [0.25, 0.3) is 22.4 Å². The Morgan fingerprint density at radius 2 is 2.11 bits per heavy atom. The molecular formula is C13H8N4O. The zero-order chi connectivity index (χ0) is 12.5. The Hall–Kier alpha value is -2.87. The van der Waals surface area contributed by atoms with Crippen LogP contribution in [0.15, 0.2) is 41.3 Å². The average Bonchev–Trinajstić information content (AvgIpc) is 2.82. The number of nitrogens with one attached hydrogen (secondary N) is 2. The van der Waals surface area contributed by atoms with Crippen LogP contribution in [0.3, 0.4) is 0 Å². The fourth-order valence-electron chi connectivity index (χ4n) is 1.77. The van der Waals surface area contributed by atoms with Gasteiger partial charge in [-0.2, -0.15) is 5.26 Å². The van der Waals surface area contributed by atoms with Gasteiger partial charge >= 0.3 is 0 Å². The topological polar surface area (TPSA) is 85.3 Å². The summed E-state index contributed by atoms with van der Waals surface area (Å²) in [5.41, 5.74) is 2.82. The van der Waals surface area contributed by atoms with E-state index in [4.69, 9.17) is 5.26 Å². The van der Waals surface area contributed by atoms with Gasteiger partial charge in [0.2, 0.25) is 5.56 Å². The van der Waals surface area contributed by atoms with E-state index in [-0.39, 0.29) is 5.56 Å². The van der Waals surface area contributed by atoms with E-state index in [1.54, 1.807) is 30.5 Å². The molecule has 0 radical (unpaired) electrons. The van der Waals surface area contributed by atoms with Gasteiger partial charge in [0.15, 0.2) is 0 Å². The van der Waals surface area contributed by atoms with E-state index in [9.17, 15) is 4.79 Å². The average molecular weight is 236 g/mol. The zero-order valence-corrected chi connectivity index (χ0v) is 9.27. The van der Waals surface area contributed by atoms with Gasteiger partial charge in [0.25, 0.3) is 0 Å². The van der Waals surface area contributed by atoms with Crippen molar-refractivity contribution in [1.82, 2.24) is 15.0 Å². The molecule has 0 aliphatic rings. The number of imidazole rings is 1. The van der Waals surface area contributed by atoms with Gasteiger partial charge in [0.05, 0.1) is 22.7 Å². The number of aromatic amines is 2. The minimum absolute atomic E-state index is 0.151. The molecule has 0 atom stereocenters. The molecule has 0 spiro atoms. The number of H-pyrrole nitrogens is 2. The first-order valence-corrected chi connectivity index (χ1v) is 5.35. The van der Waals surface area contributed by atoms with Gasteiger partial charge in [-0.1, -0.05) is 0 Å². The molecule has 0 aliphatic carbocycles. The van der Waals surface area contributed by atoms with E-state index in [1.807, 2.05) is 0 Å². The Balaban J connectivity index is 2.16. The lowest BCUT2D eigenvalue weighted by molar-refractivity contribution is 1.22. The van der Waals surface area contributed by atoms with E-state index in [1.165, 1.54) is 6.07 Å². The molecule has 5 heteroatoms. The molecule has 0 saturated heterocycles. The molecule has 1 aromatic carbocycles. The highest BCUT2D eigenvalue weighted by Gasteiger charge is 2.05. The molecule has 2 N–H and O–H groups in total. The van der Waals surface area contributed by atoms with Crippen LogP contribution in [0.5, 0.6) is 0 Å². The molecule has 3 rings (SSSR count). The quantitative estimate of drug-likeness (QED) is 0.675. The summed E-state index contributed by atoms with van der Waals surface area (Å²) in [6.07, 6.45) is 1.60. The monoisotopic (exact) mass is 236 g/mol. The number of hydrogen-bond acceptors (Lipinski definition) is 3. The molecule has 18 heavy (non-hydrogen) atoms. The summed E-state index contributed by atoms with van der Waals surface area (Å²) in [6.45, 7) is 0. The van der Waals surface area contributed by atoms with Crippen LogP contribution in [-0.4, -0.2) is 15.0 Å². The number of fused-ring (bicyclic) bond motifs is 1. The van der Waals surface area contributed by atoms with Crippen LogP contribution in [0.2, 0.25) is 0 Å². The van der Waals surface area contributed by atoms with Crippen LogP contribution in [0.1, 0.15) is 5.56 Å². The van der Waals surface area contributed by atoms with Gasteiger partial charge in [-0.25, -0.2) is 4.98 Å². The van der Waals surface area contributed by atoms with E-state index in [2.05, 4.69) is 21.0 Å².